The first-order valence-corrected chi connectivity index (χ1v) is 7.71. The van der Waals surface area contributed by atoms with Gasteiger partial charge in [-0.2, -0.15) is 13.2 Å². The quantitative estimate of drug-likeness (QED) is 0.670. The first-order chi connectivity index (χ1) is 11.2. The fourth-order valence-corrected chi connectivity index (χ4v) is 2.94. The predicted molar refractivity (Wildman–Crippen MR) is 82.7 cm³/mol. The molecule has 3 nitrogen and oxygen atoms in total. The maximum atomic E-state index is 13.7. The zero-order valence-corrected chi connectivity index (χ0v) is 13.6. The Labute approximate surface area is 138 Å². The van der Waals surface area contributed by atoms with Crippen LogP contribution in [0.1, 0.15) is 31.4 Å². The molecule has 1 aliphatic heterocycles. The number of nitrogens with zero attached hydrogens (tertiary/aromatic N) is 1. The normalized spacial score (nSPS) is 17.3. The molecule has 1 heterocycles. The van der Waals surface area contributed by atoms with Crippen LogP contribution in [0.15, 0.2) is 29.8 Å². The highest BCUT2D eigenvalue weighted by Crippen LogP contribution is 2.34. The van der Waals surface area contributed by atoms with Gasteiger partial charge in [0.15, 0.2) is 0 Å². The minimum atomic E-state index is -4.72. The van der Waals surface area contributed by atoms with E-state index in [2.05, 4.69) is 5.32 Å². The van der Waals surface area contributed by atoms with Gasteiger partial charge in [-0.05, 0) is 30.5 Å². The molecular weight excluding hydrogens is 324 g/mol. The third kappa shape index (κ3) is 4.56. The topological polar surface area (TPSA) is 32.3 Å². The second-order valence-electron chi connectivity index (χ2n) is 5.97. The van der Waals surface area contributed by atoms with Crippen LogP contribution in [0.2, 0.25) is 0 Å². The van der Waals surface area contributed by atoms with Gasteiger partial charge in [-0.15, -0.1) is 0 Å². The van der Waals surface area contributed by atoms with Crippen molar-refractivity contribution in [3.05, 3.63) is 46.8 Å². The number of rotatable bonds is 4. The fraction of sp³-hybridized carbons (Fsp3) is 0.471. The molecule has 1 aromatic rings. The van der Waals surface area contributed by atoms with Crippen LogP contribution in [0.5, 0.6) is 0 Å². The zero-order valence-electron chi connectivity index (χ0n) is 13.6. The lowest BCUT2D eigenvalue weighted by molar-refractivity contribution is -0.140. The van der Waals surface area contributed by atoms with Gasteiger partial charge in [0, 0.05) is 32.6 Å². The molecule has 1 N–H and O–H groups in total. The summed E-state index contributed by atoms with van der Waals surface area (Å²) in [6.07, 6.45) is -2.05. The van der Waals surface area contributed by atoms with E-state index < -0.39 is 17.6 Å². The van der Waals surface area contributed by atoms with Crippen molar-refractivity contribution in [2.24, 2.45) is 0 Å². The molecule has 0 radical (unpaired) electrons. The Morgan fingerprint density at radius 1 is 1.38 bits per heavy atom. The molecule has 1 aromatic carbocycles. The summed E-state index contributed by atoms with van der Waals surface area (Å²) in [6, 6.07) is 3.24. The van der Waals surface area contributed by atoms with Gasteiger partial charge in [0.2, 0.25) is 5.91 Å². The number of hydrogen-bond acceptors (Lipinski definition) is 2. The van der Waals surface area contributed by atoms with Crippen LogP contribution in [0, 0.1) is 5.82 Å². The summed E-state index contributed by atoms with van der Waals surface area (Å²) < 4.78 is 52.9. The molecule has 24 heavy (non-hydrogen) atoms. The highest BCUT2D eigenvalue weighted by molar-refractivity contribution is 5.73. The monoisotopic (exact) mass is 344 g/mol. The number of hydrogen-bond donors (Lipinski definition) is 1. The van der Waals surface area contributed by atoms with Crippen LogP contribution in [0.4, 0.5) is 17.6 Å². The van der Waals surface area contributed by atoms with Crippen LogP contribution < -0.4 is 5.32 Å². The standard InChI is InChI=1S/C17H20F4N2O/c1-11(22-12(2)24)13-6-4-8-23(9-13)10-14-5-3-7-15(18)16(14)17(19,20)21/h3,5-7,11H,4,8-10H2,1-2H3,(H,22,24)/t11-/m1/s1. The van der Waals surface area contributed by atoms with E-state index in [0.29, 0.717) is 19.5 Å². The van der Waals surface area contributed by atoms with Crippen LogP contribution >= 0.6 is 0 Å². The number of benzene rings is 1. The van der Waals surface area contributed by atoms with E-state index in [1.165, 1.54) is 19.1 Å². The summed E-state index contributed by atoms with van der Waals surface area (Å²) in [6.45, 7) is 4.29. The first-order valence-electron chi connectivity index (χ1n) is 7.71. The van der Waals surface area contributed by atoms with E-state index in [4.69, 9.17) is 0 Å². The van der Waals surface area contributed by atoms with Crippen molar-refractivity contribution < 1.29 is 22.4 Å². The average molecular weight is 344 g/mol. The van der Waals surface area contributed by atoms with Crippen molar-refractivity contribution in [2.45, 2.75) is 39.0 Å². The minimum absolute atomic E-state index is 0.0106. The summed E-state index contributed by atoms with van der Waals surface area (Å²) >= 11 is 0. The number of carbonyl (C=O) groups is 1. The summed E-state index contributed by atoms with van der Waals surface area (Å²) in [5, 5.41) is 2.77. The van der Waals surface area contributed by atoms with E-state index in [-0.39, 0.29) is 24.1 Å². The molecule has 2 rings (SSSR count). The van der Waals surface area contributed by atoms with Crippen LogP contribution in [-0.4, -0.2) is 29.9 Å². The molecular formula is C17H20F4N2O. The zero-order chi connectivity index (χ0) is 17.9. The van der Waals surface area contributed by atoms with Gasteiger partial charge in [0.1, 0.15) is 5.82 Å². The maximum absolute atomic E-state index is 13.7. The Bertz CT molecular complexity index is 640. The van der Waals surface area contributed by atoms with Gasteiger partial charge in [-0.3, -0.25) is 9.69 Å². The molecule has 7 heteroatoms. The van der Waals surface area contributed by atoms with E-state index in [1.54, 1.807) is 0 Å². The van der Waals surface area contributed by atoms with Crippen molar-refractivity contribution in [3.63, 3.8) is 0 Å². The largest absolute Gasteiger partial charge is 0.419 e. The summed E-state index contributed by atoms with van der Waals surface area (Å²) in [4.78, 5) is 13.0. The number of alkyl halides is 3. The van der Waals surface area contributed by atoms with Gasteiger partial charge in [-0.25, -0.2) is 4.39 Å². The smallest absolute Gasteiger partial charge is 0.350 e. The Kier molecular flexibility index (Phi) is 5.64. The van der Waals surface area contributed by atoms with Crippen LogP contribution in [-0.2, 0) is 17.5 Å². The SMILES string of the molecule is CC(=O)N[C@H](C)C1=CCCN(Cc2cccc(F)c2C(F)(F)F)C1. The second-order valence-corrected chi connectivity index (χ2v) is 5.97. The number of amides is 1. The van der Waals surface area contributed by atoms with Crippen LogP contribution in [0.25, 0.3) is 0 Å². The third-order valence-electron chi connectivity index (χ3n) is 4.01. The highest BCUT2D eigenvalue weighted by atomic mass is 19.4. The molecule has 0 saturated heterocycles. The summed E-state index contributed by atoms with van der Waals surface area (Å²) in [5.41, 5.74) is -0.326. The number of carbonyl (C=O) groups excluding carboxylic acids is 1. The molecule has 1 amide bonds. The average Bonchev–Trinajstić information content (AvgIpc) is 2.45. The predicted octanol–water partition coefficient (Wildman–Crippen LogP) is 3.50. The molecule has 0 aromatic heterocycles. The van der Waals surface area contributed by atoms with Crippen molar-refractivity contribution in [3.8, 4) is 0 Å². The van der Waals surface area contributed by atoms with Crippen molar-refractivity contribution >= 4 is 5.91 Å². The van der Waals surface area contributed by atoms with E-state index in [1.807, 2.05) is 17.9 Å². The number of nitrogens with one attached hydrogen (secondary N) is 1. The van der Waals surface area contributed by atoms with Gasteiger partial charge < -0.3 is 5.32 Å². The van der Waals surface area contributed by atoms with Crippen molar-refractivity contribution in [1.82, 2.24) is 10.2 Å². The minimum Gasteiger partial charge on any atom is -0.350 e. The highest BCUT2D eigenvalue weighted by Gasteiger charge is 2.37. The Hall–Kier alpha value is -1.89. The first kappa shape index (κ1) is 18.4. The molecule has 0 aliphatic carbocycles. The Morgan fingerprint density at radius 2 is 2.08 bits per heavy atom. The van der Waals surface area contributed by atoms with Crippen LogP contribution in [0.3, 0.4) is 0 Å². The second kappa shape index (κ2) is 7.34. The van der Waals surface area contributed by atoms with Gasteiger partial charge >= 0.3 is 6.18 Å². The molecule has 0 saturated carbocycles. The summed E-state index contributed by atoms with van der Waals surface area (Å²) in [7, 11) is 0. The van der Waals surface area contributed by atoms with E-state index in [0.717, 1.165) is 11.6 Å². The van der Waals surface area contributed by atoms with Crippen molar-refractivity contribution in [2.75, 3.05) is 13.1 Å². The lowest BCUT2D eigenvalue weighted by atomic mass is 10.0. The lowest BCUT2D eigenvalue weighted by Crippen LogP contribution is -2.39. The van der Waals surface area contributed by atoms with Gasteiger partial charge in [0.25, 0.3) is 0 Å². The molecule has 132 valence electrons. The third-order valence-corrected chi connectivity index (χ3v) is 4.01. The Balaban J connectivity index is 2.14. The van der Waals surface area contributed by atoms with Crippen molar-refractivity contribution in [1.29, 1.82) is 0 Å². The molecule has 1 aliphatic rings. The number of halogens is 4. The lowest BCUT2D eigenvalue weighted by Gasteiger charge is -2.31. The van der Waals surface area contributed by atoms with Gasteiger partial charge in [0.05, 0.1) is 5.56 Å². The molecule has 0 bridgehead atoms. The molecule has 1 atom stereocenters. The van der Waals surface area contributed by atoms with E-state index in [9.17, 15) is 22.4 Å². The molecule has 0 fully saturated rings. The van der Waals surface area contributed by atoms with E-state index >= 15 is 0 Å². The van der Waals surface area contributed by atoms with Gasteiger partial charge in [-0.1, -0.05) is 18.2 Å². The molecule has 0 unspecified atom stereocenters. The molecule has 0 spiro atoms. The Morgan fingerprint density at radius 3 is 2.71 bits per heavy atom. The fourth-order valence-electron chi connectivity index (χ4n) is 2.94. The summed E-state index contributed by atoms with van der Waals surface area (Å²) in [5.74, 6) is -1.41. The maximum Gasteiger partial charge on any atom is 0.419 e.